The SMILES string of the molecule is COc1ccc([C@H](N)CC(F)F)c(OC)c1OC.Cl. The number of benzene rings is 1. The van der Waals surface area contributed by atoms with Gasteiger partial charge >= 0.3 is 0 Å². The molecule has 1 aromatic carbocycles. The first-order valence-corrected chi connectivity index (χ1v) is 5.37. The topological polar surface area (TPSA) is 53.7 Å². The minimum atomic E-state index is -2.47. The summed E-state index contributed by atoms with van der Waals surface area (Å²) in [6.07, 6.45) is -2.91. The van der Waals surface area contributed by atoms with Gasteiger partial charge in [-0.1, -0.05) is 0 Å². The van der Waals surface area contributed by atoms with Gasteiger partial charge in [-0.25, -0.2) is 8.78 Å². The zero-order valence-electron chi connectivity index (χ0n) is 11.0. The molecule has 0 amide bonds. The van der Waals surface area contributed by atoms with Crippen LogP contribution in [-0.2, 0) is 0 Å². The van der Waals surface area contributed by atoms with Gasteiger partial charge in [0.05, 0.1) is 21.3 Å². The molecule has 4 nitrogen and oxygen atoms in total. The van der Waals surface area contributed by atoms with Crippen molar-refractivity contribution in [2.75, 3.05) is 21.3 Å². The van der Waals surface area contributed by atoms with Crippen molar-refractivity contribution in [1.29, 1.82) is 0 Å². The Labute approximate surface area is 117 Å². The Morgan fingerprint density at radius 1 is 1.05 bits per heavy atom. The van der Waals surface area contributed by atoms with E-state index in [4.69, 9.17) is 19.9 Å². The zero-order valence-corrected chi connectivity index (χ0v) is 11.8. The fourth-order valence-electron chi connectivity index (χ4n) is 1.74. The lowest BCUT2D eigenvalue weighted by Crippen LogP contribution is -2.15. The normalized spacial score (nSPS) is 11.7. The van der Waals surface area contributed by atoms with Gasteiger partial charge < -0.3 is 19.9 Å². The summed E-state index contributed by atoms with van der Waals surface area (Å²) in [5, 5.41) is 0. The van der Waals surface area contributed by atoms with Crippen LogP contribution in [0.4, 0.5) is 8.78 Å². The van der Waals surface area contributed by atoms with Gasteiger partial charge in [-0.3, -0.25) is 0 Å². The molecule has 2 N–H and O–H groups in total. The fourth-order valence-corrected chi connectivity index (χ4v) is 1.74. The van der Waals surface area contributed by atoms with Crippen molar-refractivity contribution < 1.29 is 23.0 Å². The van der Waals surface area contributed by atoms with E-state index >= 15 is 0 Å². The van der Waals surface area contributed by atoms with Gasteiger partial charge in [0.25, 0.3) is 0 Å². The molecule has 0 aromatic heterocycles. The van der Waals surface area contributed by atoms with Crippen molar-refractivity contribution in [2.45, 2.75) is 18.9 Å². The maximum Gasteiger partial charge on any atom is 0.240 e. The average Bonchev–Trinajstić information content (AvgIpc) is 2.35. The lowest BCUT2D eigenvalue weighted by atomic mass is 10.0. The van der Waals surface area contributed by atoms with Crippen molar-refractivity contribution in [2.24, 2.45) is 5.73 Å². The molecule has 0 fully saturated rings. The van der Waals surface area contributed by atoms with E-state index in [-0.39, 0.29) is 12.4 Å². The molecule has 0 heterocycles. The Balaban J connectivity index is 0.00000324. The number of ether oxygens (including phenoxy) is 3. The van der Waals surface area contributed by atoms with E-state index in [0.29, 0.717) is 22.8 Å². The maximum atomic E-state index is 12.4. The Kier molecular flexibility index (Phi) is 7.48. The Morgan fingerprint density at radius 3 is 2.05 bits per heavy atom. The number of halogens is 3. The molecular formula is C12H18ClF2NO3. The number of alkyl halides is 2. The minimum Gasteiger partial charge on any atom is -0.493 e. The average molecular weight is 298 g/mol. The van der Waals surface area contributed by atoms with Crippen LogP contribution < -0.4 is 19.9 Å². The van der Waals surface area contributed by atoms with E-state index in [1.54, 1.807) is 12.1 Å². The third kappa shape index (κ3) is 4.11. The maximum absolute atomic E-state index is 12.4. The van der Waals surface area contributed by atoms with Gasteiger partial charge in [-0.15, -0.1) is 12.4 Å². The molecule has 0 spiro atoms. The van der Waals surface area contributed by atoms with Crippen LogP contribution in [0, 0.1) is 0 Å². The molecule has 0 bridgehead atoms. The number of nitrogens with two attached hydrogens (primary N) is 1. The lowest BCUT2D eigenvalue weighted by Gasteiger charge is -2.19. The van der Waals surface area contributed by atoms with Crippen molar-refractivity contribution in [3.63, 3.8) is 0 Å². The second-order valence-electron chi connectivity index (χ2n) is 3.66. The van der Waals surface area contributed by atoms with Crippen LogP contribution in [0.1, 0.15) is 18.0 Å². The molecule has 0 saturated heterocycles. The van der Waals surface area contributed by atoms with Crippen molar-refractivity contribution >= 4 is 12.4 Å². The van der Waals surface area contributed by atoms with Gasteiger partial charge in [-0.2, -0.15) is 0 Å². The van der Waals surface area contributed by atoms with Crippen LogP contribution in [0.15, 0.2) is 12.1 Å². The van der Waals surface area contributed by atoms with Crippen LogP contribution in [-0.4, -0.2) is 27.8 Å². The molecule has 1 rings (SSSR count). The molecule has 0 aliphatic rings. The standard InChI is InChI=1S/C12H17F2NO3.ClH/c1-16-9-5-4-7(8(15)6-10(13)14)11(17-2)12(9)18-3;/h4-5,8,10H,6,15H2,1-3H3;1H/t8-;/m1./s1. The summed E-state index contributed by atoms with van der Waals surface area (Å²) < 4.78 is 40.2. The quantitative estimate of drug-likeness (QED) is 0.877. The monoisotopic (exact) mass is 297 g/mol. The van der Waals surface area contributed by atoms with Gasteiger partial charge in [0, 0.05) is 18.0 Å². The highest BCUT2D eigenvalue weighted by Gasteiger charge is 2.22. The number of hydrogen-bond acceptors (Lipinski definition) is 4. The van der Waals surface area contributed by atoms with Crippen LogP contribution in [0.5, 0.6) is 17.2 Å². The van der Waals surface area contributed by atoms with Crippen molar-refractivity contribution in [1.82, 2.24) is 0 Å². The lowest BCUT2D eigenvalue weighted by molar-refractivity contribution is 0.128. The van der Waals surface area contributed by atoms with Gasteiger partial charge in [0.15, 0.2) is 11.5 Å². The molecule has 7 heteroatoms. The predicted molar refractivity (Wildman–Crippen MR) is 70.9 cm³/mol. The molecule has 110 valence electrons. The van der Waals surface area contributed by atoms with Crippen LogP contribution in [0.3, 0.4) is 0 Å². The Morgan fingerprint density at radius 2 is 1.63 bits per heavy atom. The first-order valence-electron chi connectivity index (χ1n) is 5.37. The first kappa shape index (κ1) is 17.7. The van der Waals surface area contributed by atoms with Crippen LogP contribution in [0.2, 0.25) is 0 Å². The van der Waals surface area contributed by atoms with E-state index < -0.39 is 18.9 Å². The molecule has 1 aromatic rings. The number of rotatable bonds is 6. The second-order valence-corrected chi connectivity index (χ2v) is 3.66. The highest BCUT2D eigenvalue weighted by atomic mass is 35.5. The van der Waals surface area contributed by atoms with Crippen molar-refractivity contribution in [3.05, 3.63) is 17.7 Å². The van der Waals surface area contributed by atoms with Gasteiger partial charge in [-0.05, 0) is 12.1 Å². The summed E-state index contributed by atoms with van der Waals surface area (Å²) in [4.78, 5) is 0. The summed E-state index contributed by atoms with van der Waals surface area (Å²) in [6, 6.07) is 2.40. The minimum absolute atomic E-state index is 0. The zero-order chi connectivity index (χ0) is 13.7. The summed E-state index contributed by atoms with van der Waals surface area (Å²) in [5.74, 6) is 1.13. The van der Waals surface area contributed by atoms with Crippen LogP contribution >= 0.6 is 12.4 Å². The highest BCUT2D eigenvalue weighted by Crippen LogP contribution is 2.42. The molecule has 0 aliphatic carbocycles. The summed E-state index contributed by atoms with van der Waals surface area (Å²) in [7, 11) is 4.36. The van der Waals surface area contributed by atoms with Crippen molar-refractivity contribution in [3.8, 4) is 17.2 Å². The predicted octanol–water partition coefficient (Wildman–Crippen LogP) is 2.79. The molecule has 0 radical (unpaired) electrons. The van der Waals surface area contributed by atoms with E-state index in [2.05, 4.69) is 0 Å². The molecule has 1 atom stereocenters. The molecular weight excluding hydrogens is 280 g/mol. The van der Waals surface area contributed by atoms with E-state index in [1.165, 1.54) is 21.3 Å². The highest BCUT2D eigenvalue weighted by molar-refractivity contribution is 5.85. The third-order valence-corrected chi connectivity index (χ3v) is 2.57. The van der Waals surface area contributed by atoms with Gasteiger partial charge in [0.2, 0.25) is 12.2 Å². The molecule has 19 heavy (non-hydrogen) atoms. The van der Waals surface area contributed by atoms with E-state index in [0.717, 1.165) is 0 Å². The summed E-state index contributed by atoms with van der Waals surface area (Å²) in [6.45, 7) is 0. The largest absolute Gasteiger partial charge is 0.493 e. The van der Waals surface area contributed by atoms with Crippen LogP contribution in [0.25, 0.3) is 0 Å². The number of hydrogen-bond donors (Lipinski definition) is 1. The van der Waals surface area contributed by atoms with E-state index in [9.17, 15) is 8.78 Å². The molecule has 0 saturated carbocycles. The molecule has 0 unspecified atom stereocenters. The summed E-state index contributed by atoms with van der Waals surface area (Å²) >= 11 is 0. The summed E-state index contributed by atoms with van der Waals surface area (Å²) in [5.41, 5.74) is 6.20. The Bertz CT molecular complexity index is 405. The van der Waals surface area contributed by atoms with E-state index in [1.807, 2.05) is 0 Å². The van der Waals surface area contributed by atoms with Gasteiger partial charge in [0.1, 0.15) is 0 Å². The first-order chi connectivity index (χ1) is 8.54. The Hall–Kier alpha value is -1.27. The molecule has 0 aliphatic heterocycles. The fraction of sp³-hybridized carbons (Fsp3) is 0.500. The number of methoxy groups -OCH3 is 3. The smallest absolute Gasteiger partial charge is 0.240 e. The second kappa shape index (κ2) is 8.01. The third-order valence-electron chi connectivity index (χ3n) is 2.57.